The number of anilines is 1. The standard InChI is InChI=1S/C35H40FN7O3/c1-19(2)28-30(21(4)12-13-38-28)43-31-26(15-24(16-37)29(39-31)25-14-20(3)10-11-27(25)36)32(40-33(43)44)42-22(5)17-41(18-23(42)6)34(45)46-35(7,8)9/h10-15,19,22-23H,17-18H2,1-9H3/t22-,23-/m0/s1. The van der Waals surface area contributed by atoms with Crippen molar-refractivity contribution in [2.45, 2.75) is 85.9 Å². The lowest BCUT2D eigenvalue weighted by Crippen LogP contribution is -2.59. The molecule has 0 bridgehead atoms. The van der Waals surface area contributed by atoms with Crippen molar-refractivity contribution >= 4 is 22.9 Å². The van der Waals surface area contributed by atoms with Crippen LogP contribution in [0, 0.1) is 31.0 Å². The van der Waals surface area contributed by atoms with Gasteiger partial charge in [-0.3, -0.25) is 4.98 Å². The molecule has 46 heavy (non-hydrogen) atoms. The summed E-state index contributed by atoms with van der Waals surface area (Å²) in [6.45, 7) is 17.7. The fourth-order valence-corrected chi connectivity index (χ4v) is 6.14. The highest BCUT2D eigenvalue weighted by Crippen LogP contribution is 2.35. The number of hydrogen-bond acceptors (Lipinski definition) is 8. The van der Waals surface area contributed by atoms with Gasteiger partial charge < -0.3 is 14.5 Å². The molecule has 5 rings (SSSR count). The first-order valence-electron chi connectivity index (χ1n) is 15.5. The van der Waals surface area contributed by atoms with Crippen molar-refractivity contribution in [3.63, 3.8) is 0 Å². The average molecular weight is 626 g/mol. The van der Waals surface area contributed by atoms with Crippen LogP contribution in [0.1, 0.15) is 76.8 Å². The Labute approximate surface area is 268 Å². The van der Waals surface area contributed by atoms with Gasteiger partial charge in [0.25, 0.3) is 0 Å². The highest BCUT2D eigenvalue weighted by atomic mass is 19.1. The van der Waals surface area contributed by atoms with Crippen molar-refractivity contribution in [3.05, 3.63) is 75.2 Å². The molecule has 0 saturated carbocycles. The summed E-state index contributed by atoms with van der Waals surface area (Å²) >= 11 is 0. The lowest BCUT2D eigenvalue weighted by molar-refractivity contribution is 0.0192. The first kappa shape index (κ1) is 32.5. The molecular weight excluding hydrogens is 585 g/mol. The van der Waals surface area contributed by atoms with E-state index in [4.69, 9.17) is 9.72 Å². The first-order valence-corrected chi connectivity index (χ1v) is 15.5. The molecule has 1 fully saturated rings. The Balaban J connectivity index is 1.80. The second-order valence-electron chi connectivity index (χ2n) is 13.4. The van der Waals surface area contributed by atoms with Gasteiger partial charge in [0.15, 0.2) is 5.65 Å². The molecular formula is C35H40FN7O3. The maximum Gasteiger partial charge on any atom is 0.410 e. The van der Waals surface area contributed by atoms with Crippen LogP contribution in [0.4, 0.5) is 15.0 Å². The first-order chi connectivity index (χ1) is 21.6. The maximum absolute atomic E-state index is 15.3. The van der Waals surface area contributed by atoms with Gasteiger partial charge in [-0.05, 0) is 84.2 Å². The van der Waals surface area contributed by atoms with E-state index in [0.29, 0.717) is 35.7 Å². The quantitative estimate of drug-likeness (QED) is 0.255. The van der Waals surface area contributed by atoms with Gasteiger partial charge in [0.1, 0.15) is 23.3 Å². The molecule has 2 atom stereocenters. The summed E-state index contributed by atoms with van der Waals surface area (Å²) in [7, 11) is 0. The van der Waals surface area contributed by atoms with Crippen LogP contribution < -0.4 is 10.6 Å². The normalized spacial score (nSPS) is 17.0. The lowest BCUT2D eigenvalue weighted by atomic mass is 10.0. The van der Waals surface area contributed by atoms with E-state index >= 15 is 4.39 Å². The van der Waals surface area contributed by atoms with Crippen molar-refractivity contribution in [3.8, 4) is 23.0 Å². The molecule has 0 aliphatic carbocycles. The molecule has 1 amide bonds. The number of aryl methyl sites for hydroxylation is 2. The number of nitrogens with zero attached hydrogens (tertiary/aromatic N) is 7. The van der Waals surface area contributed by atoms with E-state index < -0.39 is 23.2 Å². The number of amides is 1. The number of piperazine rings is 1. The number of pyridine rings is 2. The third-order valence-electron chi connectivity index (χ3n) is 8.09. The van der Waals surface area contributed by atoms with Crippen molar-refractivity contribution in [2.75, 3.05) is 18.0 Å². The topological polar surface area (TPSA) is 117 Å². The summed E-state index contributed by atoms with van der Waals surface area (Å²) < 4.78 is 22.4. The van der Waals surface area contributed by atoms with E-state index in [2.05, 4.69) is 16.0 Å². The van der Waals surface area contributed by atoms with E-state index in [0.717, 1.165) is 11.1 Å². The van der Waals surface area contributed by atoms with Crippen molar-refractivity contribution < 1.29 is 13.9 Å². The highest BCUT2D eigenvalue weighted by molar-refractivity contribution is 5.92. The molecule has 4 aromatic rings. The smallest absolute Gasteiger partial charge is 0.410 e. The average Bonchev–Trinajstić information content (AvgIpc) is 2.97. The third kappa shape index (κ3) is 6.04. The second-order valence-corrected chi connectivity index (χ2v) is 13.4. The SMILES string of the molecule is Cc1ccc(F)c(-c2nc3c(cc2C#N)c(N2[C@@H](C)CN(C(=O)OC(C)(C)C)C[C@@H]2C)nc(=O)n3-c2c(C)ccnc2C(C)C)c1. The van der Waals surface area contributed by atoms with Gasteiger partial charge in [0, 0.05) is 36.9 Å². The lowest BCUT2D eigenvalue weighted by Gasteiger charge is -2.45. The second kappa shape index (κ2) is 12.2. The molecule has 0 N–H and O–H groups in total. The molecule has 1 saturated heterocycles. The van der Waals surface area contributed by atoms with Crippen molar-refractivity contribution in [2.24, 2.45) is 0 Å². The third-order valence-corrected chi connectivity index (χ3v) is 8.09. The van der Waals surface area contributed by atoms with Gasteiger partial charge in [-0.25, -0.2) is 23.5 Å². The predicted octanol–water partition coefficient (Wildman–Crippen LogP) is 6.43. The largest absolute Gasteiger partial charge is 0.444 e. The number of carbonyl (C=O) groups is 1. The molecule has 1 aliphatic rings. The highest BCUT2D eigenvalue weighted by Gasteiger charge is 2.36. The van der Waals surface area contributed by atoms with Crippen LogP contribution in [0.5, 0.6) is 0 Å². The van der Waals surface area contributed by atoms with E-state index in [9.17, 15) is 14.9 Å². The zero-order chi connectivity index (χ0) is 33.7. The van der Waals surface area contributed by atoms with E-state index in [1.165, 1.54) is 10.6 Å². The zero-order valence-electron chi connectivity index (χ0n) is 27.8. The van der Waals surface area contributed by atoms with Crippen LogP contribution in [-0.2, 0) is 4.74 Å². The van der Waals surface area contributed by atoms with Crippen LogP contribution in [-0.4, -0.2) is 61.3 Å². The van der Waals surface area contributed by atoms with Gasteiger partial charge in [0.2, 0.25) is 0 Å². The Hall–Kier alpha value is -4.85. The van der Waals surface area contributed by atoms with Gasteiger partial charge >= 0.3 is 11.8 Å². The van der Waals surface area contributed by atoms with Crippen molar-refractivity contribution in [1.82, 2.24) is 24.4 Å². The molecule has 10 nitrogen and oxygen atoms in total. The summed E-state index contributed by atoms with van der Waals surface area (Å²) in [4.78, 5) is 45.0. The van der Waals surface area contributed by atoms with E-state index in [1.54, 1.807) is 29.3 Å². The van der Waals surface area contributed by atoms with Crippen molar-refractivity contribution in [1.29, 1.82) is 5.26 Å². The Morgan fingerprint density at radius 2 is 1.76 bits per heavy atom. The number of aromatic nitrogens is 4. The minimum absolute atomic E-state index is 0.0374. The van der Waals surface area contributed by atoms with Crippen LogP contribution in [0.15, 0.2) is 41.3 Å². The Bertz CT molecular complexity index is 1930. The number of nitriles is 1. The molecule has 4 heterocycles. The van der Waals surface area contributed by atoms with E-state index in [1.807, 2.05) is 73.3 Å². The van der Waals surface area contributed by atoms with Crippen LogP contribution in [0.2, 0.25) is 0 Å². The molecule has 0 spiro atoms. The maximum atomic E-state index is 15.3. The minimum atomic E-state index is -0.643. The minimum Gasteiger partial charge on any atom is -0.444 e. The van der Waals surface area contributed by atoms with Crippen LogP contribution >= 0.6 is 0 Å². The fraction of sp³-hybridized carbons (Fsp3) is 0.429. The summed E-state index contributed by atoms with van der Waals surface area (Å²) in [6, 6.07) is 9.75. The Kier molecular flexibility index (Phi) is 8.60. The summed E-state index contributed by atoms with van der Waals surface area (Å²) in [5, 5.41) is 10.8. The number of rotatable bonds is 4. The van der Waals surface area contributed by atoms with Gasteiger partial charge in [-0.15, -0.1) is 0 Å². The fourth-order valence-electron chi connectivity index (χ4n) is 6.14. The molecule has 11 heteroatoms. The number of fused-ring (bicyclic) bond motifs is 1. The molecule has 3 aromatic heterocycles. The summed E-state index contributed by atoms with van der Waals surface area (Å²) in [6.07, 6.45) is 1.29. The molecule has 0 radical (unpaired) electrons. The number of ether oxygens (including phenoxy) is 1. The van der Waals surface area contributed by atoms with Crippen LogP contribution in [0.25, 0.3) is 28.0 Å². The zero-order valence-corrected chi connectivity index (χ0v) is 27.8. The Morgan fingerprint density at radius 3 is 2.37 bits per heavy atom. The molecule has 240 valence electrons. The molecule has 1 aliphatic heterocycles. The van der Waals surface area contributed by atoms with Crippen LogP contribution in [0.3, 0.4) is 0 Å². The van der Waals surface area contributed by atoms with Gasteiger partial charge in [-0.2, -0.15) is 10.2 Å². The van der Waals surface area contributed by atoms with Gasteiger partial charge in [0.05, 0.1) is 28.0 Å². The number of halogens is 1. The molecule has 1 aromatic carbocycles. The summed E-state index contributed by atoms with van der Waals surface area (Å²) in [5.41, 5.74) is 2.26. The van der Waals surface area contributed by atoms with Gasteiger partial charge in [-0.1, -0.05) is 25.5 Å². The van der Waals surface area contributed by atoms with E-state index in [-0.39, 0.29) is 40.5 Å². The molecule has 0 unspecified atom stereocenters. The predicted molar refractivity (Wildman–Crippen MR) is 176 cm³/mol. The monoisotopic (exact) mass is 625 g/mol. The summed E-state index contributed by atoms with van der Waals surface area (Å²) in [5.74, 6) is -0.226. The number of hydrogen-bond donors (Lipinski definition) is 0. The Morgan fingerprint density at radius 1 is 1.09 bits per heavy atom. The number of carbonyl (C=O) groups excluding carboxylic acids is 1. The number of benzene rings is 1.